The fourth-order valence-corrected chi connectivity index (χ4v) is 2.14. The first-order chi connectivity index (χ1) is 9.08. The van der Waals surface area contributed by atoms with Crippen LogP contribution in [0.15, 0.2) is 6.20 Å². The van der Waals surface area contributed by atoms with Gasteiger partial charge in [-0.3, -0.25) is 0 Å². The summed E-state index contributed by atoms with van der Waals surface area (Å²) in [5, 5.41) is 7.34. The van der Waals surface area contributed by atoms with E-state index in [9.17, 15) is 4.39 Å². The topological polar surface area (TPSA) is 55.6 Å². The Morgan fingerprint density at radius 2 is 2.05 bits per heavy atom. The van der Waals surface area contributed by atoms with Crippen LogP contribution in [0.25, 0.3) is 5.82 Å². The Labute approximate surface area is 111 Å². The molecule has 0 bridgehead atoms. The van der Waals surface area contributed by atoms with Crippen molar-refractivity contribution in [3.63, 3.8) is 0 Å². The highest BCUT2D eigenvalue weighted by atomic mass is 19.1. The van der Waals surface area contributed by atoms with Gasteiger partial charge in [-0.25, -0.2) is 14.1 Å². The minimum atomic E-state index is -0.477. The minimum Gasteiger partial charge on any atom is -0.354 e. The van der Waals surface area contributed by atoms with Crippen LogP contribution in [-0.4, -0.2) is 26.3 Å². The van der Waals surface area contributed by atoms with E-state index in [0.29, 0.717) is 12.5 Å². The summed E-state index contributed by atoms with van der Waals surface area (Å²) in [5.41, 5.74) is 2.95. The molecule has 0 amide bonds. The van der Waals surface area contributed by atoms with E-state index in [0.717, 1.165) is 23.4 Å². The van der Waals surface area contributed by atoms with Gasteiger partial charge < -0.3 is 5.32 Å². The van der Waals surface area contributed by atoms with Crippen LogP contribution in [0.1, 0.15) is 30.8 Å². The fraction of sp³-hybridized carbons (Fsp3) is 0.462. The van der Waals surface area contributed by atoms with Gasteiger partial charge in [0.05, 0.1) is 11.9 Å². The molecule has 0 spiro atoms. The van der Waals surface area contributed by atoms with Gasteiger partial charge in [0.15, 0.2) is 11.6 Å². The molecular formula is C13H18FN5. The van der Waals surface area contributed by atoms with Crippen LogP contribution in [0.3, 0.4) is 0 Å². The third kappa shape index (κ3) is 2.43. The molecular weight excluding hydrogens is 245 g/mol. The third-order valence-electron chi connectivity index (χ3n) is 3.06. The average molecular weight is 263 g/mol. The van der Waals surface area contributed by atoms with E-state index in [1.54, 1.807) is 4.68 Å². The number of hydrogen-bond acceptors (Lipinski definition) is 4. The van der Waals surface area contributed by atoms with Crippen LogP contribution < -0.4 is 5.32 Å². The highest BCUT2D eigenvalue weighted by Gasteiger charge is 2.16. The van der Waals surface area contributed by atoms with Crippen LogP contribution >= 0.6 is 0 Å². The summed E-state index contributed by atoms with van der Waals surface area (Å²) in [6.45, 7) is 8.52. The molecule has 0 fully saturated rings. The second kappa shape index (κ2) is 5.34. The first kappa shape index (κ1) is 13.5. The average Bonchev–Trinajstić information content (AvgIpc) is 2.67. The van der Waals surface area contributed by atoms with Crippen molar-refractivity contribution in [2.45, 2.75) is 34.1 Å². The first-order valence-corrected chi connectivity index (χ1v) is 6.40. The van der Waals surface area contributed by atoms with Gasteiger partial charge in [0.25, 0.3) is 0 Å². The maximum absolute atomic E-state index is 13.9. The summed E-state index contributed by atoms with van der Waals surface area (Å²) < 4.78 is 15.5. The molecule has 6 heteroatoms. The normalized spacial score (nSPS) is 10.8. The number of anilines is 1. The van der Waals surface area contributed by atoms with Crippen LogP contribution in [0.4, 0.5) is 10.3 Å². The fourth-order valence-electron chi connectivity index (χ4n) is 2.14. The molecule has 5 nitrogen and oxygen atoms in total. The number of halogens is 1. The Hall–Kier alpha value is -1.98. The number of rotatable bonds is 4. The molecule has 0 atom stereocenters. The SMILES string of the molecule is CCNc1ncc(F)c(-n2nc(C)c(CC)c2C)n1. The molecule has 2 aromatic heterocycles. The zero-order valence-electron chi connectivity index (χ0n) is 11.7. The molecule has 0 aliphatic rings. The van der Waals surface area contributed by atoms with Crippen molar-refractivity contribution in [3.05, 3.63) is 29.0 Å². The molecule has 19 heavy (non-hydrogen) atoms. The molecule has 2 rings (SSSR count). The van der Waals surface area contributed by atoms with Crippen LogP contribution in [0.2, 0.25) is 0 Å². The van der Waals surface area contributed by atoms with Gasteiger partial charge in [-0.1, -0.05) is 6.92 Å². The van der Waals surface area contributed by atoms with Gasteiger partial charge in [-0.2, -0.15) is 10.1 Å². The summed E-state index contributed by atoms with van der Waals surface area (Å²) in [6.07, 6.45) is 2.03. The molecule has 0 saturated carbocycles. The summed E-state index contributed by atoms with van der Waals surface area (Å²) in [6, 6.07) is 0. The molecule has 0 unspecified atom stereocenters. The van der Waals surface area contributed by atoms with Gasteiger partial charge in [0.1, 0.15) is 0 Å². The lowest BCUT2D eigenvalue weighted by Gasteiger charge is -2.07. The Morgan fingerprint density at radius 1 is 1.32 bits per heavy atom. The first-order valence-electron chi connectivity index (χ1n) is 6.40. The van der Waals surface area contributed by atoms with E-state index in [2.05, 4.69) is 27.3 Å². The third-order valence-corrected chi connectivity index (χ3v) is 3.06. The molecule has 0 aromatic carbocycles. The van der Waals surface area contributed by atoms with Gasteiger partial charge in [0.2, 0.25) is 5.95 Å². The van der Waals surface area contributed by atoms with Crippen LogP contribution in [0.5, 0.6) is 0 Å². The Kier molecular flexibility index (Phi) is 3.78. The molecule has 1 N–H and O–H groups in total. The quantitative estimate of drug-likeness (QED) is 0.920. The number of nitrogens with zero attached hydrogens (tertiary/aromatic N) is 4. The lowest BCUT2D eigenvalue weighted by Crippen LogP contribution is -2.10. The minimum absolute atomic E-state index is 0.186. The highest BCUT2D eigenvalue weighted by Crippen LogP contribution is 2.19. The van der Waals surface area contributed by atoms with Crippen molar-refractivity contribution < 1.29 is 4.39 Å². The molecule has 0 radical (unpaired) electrons. The zero-order chi connectivity index (χ0) is 14.0. The maximum Gasteiger partial charge on any atom is 0.224 e. The van der Waals surface area contributed by atoms with E-state index < -0.39 is 5.82 Å². The summed E-state index contributed by atoms with van der Waals surface area (Å²) >= 11 is 0. The van der Waals surface area contributed by atoms with Crippen molar-refractivity contribution in [1.82, 2.24) is 19.7 Å². The summed E-state index contributed by atoms with van der Waals surface area (Å²) in [4.78, 5) is 8.08. The Morgan fingerprint density at radius 3 is 2.63 bits per heavy atom. The number of hydrogen-bond donors (Lipinski definition) is 1. The van der Waals surface area contributed by atoms with Crippen molar-refractivity contribution in [2.75, 3.05) is 11.9 Å². The van der Waals surface area contributed by atoms with Crippen molar-refractivity contribution in [2.24, 2.45) is 0 Å². The lowest BCUT2D eigenvalue weighted by atomic mass is 10.1. The van der Waals surface area contributed by atoms with Gasteiger partial charge >= 0.3 is 0 Å². The molecule has 0 saturated heterocycles. The van der Waals surface area contributed by atoms with Crippen LogP contribution in [-0.2, 0) is 6.42 Å². The number of aryl methyl sites for hydroxylation is 1. The van der Waals surface area contributed by atoms with Gasteiger partial charge in [-0.15, -0.1) is 0 Å². The highest BCUT2D eigenvalue weighted by molar-refractivity contribution is 5.36. The molecule has 0 aliphatic heterocycles. The van der Waals surface area contributed by atoms with E-state index in [-0.39, 0.29) is 5.82 Å². The van der Waals surface area contributed by atoms with E-state index in [1.165, 1.54) is 6.20 Å². The van der Waals surface area contributed by atoms with Crippen LogP contribution in [0, 0.1) is 19.7 Å². The van der Waals surface area contributed by atoms with Gasteiger partial charge in [0, 0.05) is 12.2 Å². The summed E-state index contributed by atoms with van der Waals surface area (Å²) in [7, 11) is 0. The standard InChI is InChI=1S/C13H18FN5/c1-5-10-8(3)18-19(9(10)4)12-11(14)7-16-13(17-12)15-6-2/h7H,5-6H2,1-4H3,(H,15,16,17). The largest absolute Gasteiger partial charge is 0.354 e. The molecule has 102 valence electrons. The van der Waals surface area contributed by atoms with Gasteiger partial charge in [-0.05, 0) is 32.8 Å². The van der Waals surface area contributed by atoms with E-state index in [1.807, 2.05) is 20.8 Å². The monoisotopic (exact) mass is 263 g/mol. The predicted molar refractivity (Wildman–Crippen MR) is 72.1 cm³/mol. The zero-order valence-corrected chi connectivity index (χ0v) is 11.7. The lowest BCUT2D eigenvalue weighted by molar-refractivity contribution is 0.590. The Bertz CT molecular complexity index is 591. The predicted octanol–water partition coefficient (Wildman–Crippen LogP) is 2.41. The second-order valence-electron chi connectivity index (χ2n) is 4.31. The van der Waals surface area contributed by atoms with Crippen molar-refractivity contribution in [1.29, 1.82) is 0 Å². The second-order valence-corrected chi connectivity index (χ2v) is 4.31. The molecule has 2 aromatic rings. The van der Waals surface area contributed by atoms with E-state index in [4.69, 9.17) is 0 Å². The van der Waals surface area contributed by atoms with Crippen molar-refractivity contribution >= 4 is 5.95 Å². The molecule has 0 aliphatic carbocycles. The summed E-state index contributed by atoms with van der Waals surface area (Å²) in [5.74, 6) is 0.116. The number of aromatic nitrogens is 4. The number of nitrogens with one attached hydrogen (secondary N) is 1. The smallest absolute Gasteiger partial charge is 0.224 e. The van der Waals surface area contributed by atoms with E-state index >= 15 is 0 Å². The maximum atomic E-state index is 13.9. The van der Waals surface area contributed by atoms with Crippen molar-refractivity contribution in [3.8, 4) is 5.82 Å². The molecule has 2 heterocycles. The Balaban J connectivity index is 2.54.